The molecule has 2 aromatic carbocycles. The van der Waals surface area contributed by atoms with E-state index in [2.05, 4.69) is 34.3 Å². The smallest absolute Gasteiger partial charge is 0.0767 e. The van der Waals surface area contributed by atoms with Gasteiger partial charge in [-0.2, -0.15) is 0 Å². The van der Waals surface area contributed by atoms with E-state index in [0.29, 0.717) is 6.04 Å². The van der Waals surface area contributed by atoms with Crippen molar-refractivity contribution in [3.05, 3.63) is 42.0 Å². The largest absolute Gasteiger partial charge is 0.389 e. The van der Waals surface area contributed by atoms with E-state index in [1.165, 1.54) is 23.1 Å². The Bertz CT molecular complexity index is 609. The molecule has 21 heavy (non-hydrogen) atoms. The number of piperidine rings is 1. The first-order valence-corrected chi connectivity index (χ1v) is 8.40. The number of aliphatic hydroxyl groups excluding tert-OH is 1. The fourth-order valence-corrected chi connectivity index (χ4v) is 3.79. The van der Waals surface area contributed by atoms with Crippen LogP contribution in [0.25, 0.3) is 10.8 Å². The van der Waals surface area contributed by atoms with Crippen LogP contribution in [0.3, 0.4) is 0 Å². The molecule has 1 saturated heterocycles. The molecule has 1 unspecified atom stereocenters. The summed E-state index contributed by atoms with van der Waals surface area (Å²) in [5.41, 5.74) is 0.997. The van der Waals surface area contributed by atoms with E-state index in [9.17, 15) is 5.11 Å². The molecule has 3 nitrogen and oxygen atoms in total. The van der Waals surface area contributed by atoms with Gasteiger partial charge in [-0.3, -0.25) is 4.72 Å². The number of rotatable bonds is 4. The molecule has 1 aliphatic heterocycles. The molecule has 0 bridgehead atoms. The van der Waals surface area contributed by atoms with Gasteiger partial charge in [-0.1, -0.05) is 30.3 Å². The first-order valence-electron chi connectivity index (χ1n) is 7.58. The molecule has 0 aromatic heterocycles. The van der Waals surface area contributed by atoms with Crippen molar-refractivity contribution in [3.63, 3.8) is 0 Å². The van der Waals surface area contributed by atoms with Crippen LogP contribution in [0, 0.1) is 0 Å². The van der Waals surface area contributed by atoms with E-state index in [1.54, 1.807) is 11.9 Å². The van der Waals surface area contributed by atoms with Crippen molar-refractivity contribution in [2.45, 2.75) is 36.8 Å². The third-order valence-corrected chi connectivity index (χ3v) is 5.07. The van der Waals surface area contributed by atoms with Crippen LogP contribution >= 0.6 is 11.9 Å². The van der Waals surface area contributed by atoms with Crippen molar-refractivity contribution >= 4 is 22.7 Å². The average molecular weight is 302 g/mol. The second kappa shape index (κ2) is 6.79. The summed E-state index contributed by atoms with van der Waals surface area (Å²) in [6.07, 6.45) is 1.92. The molecule has 1 atom stereocenters. The number of hydrogen-bond donors (Lipinski definition) is 3. The summed E-state index contributed by atoms with van der Waals surface area (Å²) in [4.78, 5) is 1.23. The van der Waals surface area contributed by atoms with Gasteiger partial charge in [-0.15, -0.1) is 0 Å². The Hall–Kier alpha value is -1.07. The summed E-state index contributed by atoms with van der Waals surface area (Å²) in [5.74, 6) is 0. The molecular weight excluding hydrogens is 280 g/mol. The van der Waals surface area contributed by atoms with Gasteiger partial charge in [0.15, 0.2) is 0 Å². The Morgan fingerprint density at radius 3 is 2.57 bits per heavy atom. The summed E-state index contributed by atoms with van der Waals surface area (Å²) >= 11 is 1.72. The van der Waals surface area contributed by atoms with Crippen LogP contribution in [0.15, 0.2) is 41.3 Å². The molecule has 2 aromatic rings. The minimum absolute atomic E-state index is 0.439. The second-order valence-electron chi connectivity index (χ2n) is 5.62. The topological polar surface area (TPSA) is 44.3 Å². The summed E-state index contributed by atoms with van der Waals surface area (Å²) in [5, 5.41) is 15.7. The predicted molar refractivity (Wildman–Crippen MR) is 89.5 cm³/mol. The van der Waals surface area contributed by atoms with Crippen LogP contribution in [0.5, 0.6) is 0 Å². The zero-order valence-electron chi connectivity index (χ0n) is 12.3. The Balaban J connectivity index is 1.83. The average Bonchev–Trinajstić information content (AvgIpc) is 2.53. The molecule has 3 rings (SSSR count). The Morgan fingerprint density at radius 1 is 1.14 bits per heavy atom. The fourth-order valence-electron chi connectivity index (χ4n) is 2.83. The van der Waals surface area contributed by atoms with Crippen LogP contribution in [0.2, 0.25) is 0 Å². The first-order chi connectivity index (χ1) is 10.3. The van der Waals surface area contributed by atoms with E-state index in [0.717, 1.165) is 24.0 Å². The lowest BCUT2D eigenvalue weighted by atomic mass is 10.0. The molecule has 0 aliphatic carbocycles. The van der Waals surface area contributed by atoms with Gasteiger partial charge < -0.3 is 10.4 Å². The van der Waals surface area contributed by atoms with Crippen LogP contribution in [0.1, 0.15) is 31.4 Å². The second-order valence-corrected chi connectivity index (χ2v) is 6.50. The van der Waals surface area contributed by atoms with E-state index < -0.39 is 6.10 Å². The minimum atomic E-state index is -0.439. The molecule has 112 valence electrons. The number of aliphatic hydroxyl groups is 1. The Labute approximate surface area is 130 Å². The molecule has 4 heteroatoms. The van der Waals surface area contributed by atoms with Crippen molar-refractivity contribution in [3.8, 4) is 0 Å². The summed E-state index contributed by atoms with van der Waals surface area (Å²) in [6.45, 7) is 4.02. The summed E-state index contributed by atoms with van der Waals surface area (Å²) < 4.78 is 3.59. The first kappa shape index (κ1) is 14.9. The SMILES string of the molecule is CC(O)c1ccc(SNC2CCNCC2)c2ccccc12. The normalized spacial score (nSPS) is 18.0. The van der Waals surface area contributed by atoms with Crippen molar-refractivity contribution in [1.29, 1.82) is 0 Å². The van der Waals surface area contributed by atoms with Gasteiger partial charge in [0.05, 0.1) is 6.10 Å². The van der Waals surface area contributed by atoms with Crippen LogP contribution < -0.4 is 10.0 Å². The third kappa shape index (κ3) is 3.40. The number of nitrogens with one attached hydrogen (secondary N) is 2. The minimum Gasteiger partial charge on any atom is -0.389 e. The molecule has 0 saturated carbocycles. The summed E-state index contributed by atoms with van der Waals surface area (Å²) in [7, 11) is 0. The number of fused-ring (bicyclic) bond motifs is 1. The number of benzene rings is 2. The van der Waals surface area contributed by atoms with Crippen molar-refractivity contribution in [2.24, 2.45) is 0 Å². The Kier molecular flexibility index (Phi) is 4.80. The quantitative estimate of drug-likeness (QED) is 0.759. The highest BCUT2D eigenvalue weighted by Gasteiger charge is 2.14. The van der Waals surface area contributed by atoms with E-state index in [4.69, 9.17) is 0 Å². The van der Waals surface area contributed by atoms with Crippen molar-refractivity contribution in [2.75, 3.05) is 13.1 Å². The van der Waals surface area contributed by atoms with Gasteiger partial charge in [0.1, 0.15) is 0 Å². The van der Waals surface area contributed by atoms with Crippen LogP contribution in [0.4, 0.5) is 0 Å². The van der Waals surface area contributed by atoms with E-state index in [-0.39, 0.29) is 0 Å². The zero-order chi connectivity index (χ0) is 14.7. The molecule has 1 fully saturated rings. The highest BCUT2D eigenvalue weighted by atomic mass is 32.2. The highest BCUT2D eigenvalue weighted by Crippen LogP contribution is 2.32. The molecule has 0 radical (unpaired) electrons. The summed E-state index contributed by atoms with van der Waals surface area (Å²) in [6, 6.07) is 13.0. The van der Waals surface area contributed by atoms with Crippen molar-refractivity contribution < 1.29 is 5.11 Å². The zero-order valence-corrected chi connectivity index (χ0v) is 13.1. The lowest BCUT2D eigenvalue weighted by Gasteiger charge is -2.23. The van der Waals surface area contributed by atoms with E-state index in [1.807, 2.05) is 19.1 Å². The van der Waals surface area contributed by atoms with Gasteiger partial charge in [0.25, 0.3) is 0 Å². The fraction of sp³-hybridized carbons (Fsp3) is 0.412. The standard InChI is InChI=1S/C17H22N2OS/c1-12(20)14-6-7-17(16-5-3-2-4-15(14)16)21-19-13-8-10-18-11-9-13/h2-7,12-13,18-20H,8-11H2,1H3. The van der Waals surface area contributed by atoms with Crippen molar-refractivity contribution in [1.82, 2.24) is 10.0 Å². The lowest BCUT2D eigenvalue weighted by molar-refractivity contribution is 0.201. The molecule has 0 spiro atoms. The molecule has 3 N–H and O–H groups in total. The maximum atomic E-state index is 9.92. The van der Waals surface area contributed by atoms with Gasteiger partial charge >= 0.3 is 0 Å². The highest BCUT2D eigenvalue weighted by molar-refractivity contribution is 7.97. The van der Waals surface area contributed by atoms with Gasteiger partial charge in [0.2, 0.25) is 0 Å². The van der Waals surface area contributed by atoms with E-state index >= 15 is 0 Å². The third-order valence-electron chi connectivity index (χ3n) is 4.04. The molecule has 1 heterocycles. The Morgan fingerprint density at radius 2 is 1.86 bits per heavy atom. The predicted octanol–water partition coefficient (Wildman–Crippen LogP) is 3.24. The van der Waals surface area contributed by atoms with Gasteiger partial charge in [-0.05, 0) is 67.2 Å². The van der Waals surface area contributed by atoms with Gasteiger partial charge in [-0.25, -0.2) is 0 Å². The maximum Gasteiger partial charge on any atom is 0.0767 e. The molecule has 1 aliphatic rings. The molecule has 0 amide bonds. The van der Waals surface area contributed by atoms with Gasteiger partial charge in [0, 0.05) is 10.9 Å². The maximum absolute atomic E-state index is 9.92. The van der Waals surface area contributed by atoms with Crippen LogP contribution in [-0.2, 0) is 0 Å². The molecular formula is C17H22N2OS. The monoisotopic (exact) mass is 302 g/mol. The number of hydrogen-bond acceptors (Lipinski definition) is 4. The van der Waals surface area contributed by atoms with Crippen LogP contribution in [-0.4, -0.2) is 24.2 Å². The lowest BCUT2D eigenvalue weighted by Crippen LogP contribution is -2.37.